The lowest BCUT2D eigenvalue weighted by Crippen LogP contribution is -2.23. The number of aromatic amines is 1. The number of hydrogen-bond donors (Lipinski definition) is 3. The SMILES string of the molecule is CNCc1cc(S(=O)(=O)NCc2cnc[nH]2)cn1C1CC1. The number of nitrogens with one attached hydrogen (secondary N) is 3. The van der Waals surface area contributed by atoms with Crippen LogP contribution >= 0.6 is 0 Å². The maximum Gasteiger partial charge on any atom is 0.242 e. The molecule has 0 aliphatic heterocycles. The zero-order valence-corrected chi connectivity index (χ0v) is 12.7. The highest BCUT2D eigenvalue weighted by Gasteiger charge is 2.28. The van der Waals surface area contributed by atoms with Gasteiger partial charge in [-0.15, -0.1) is 0 Å². The molecular weight excluding hydrogens is 290 g/mol. The lowest BCUT2D eigenvalue weighted by atomic mass is 10.4. The molecule has 1 fully saturated rings. The van der Waals surface area contributed by atoms with Gasteiger partial charge in [-0.05, 0) is 26.0 Å². The van der Waals surface area contributed by atoms with E-state index in [9.17, 15) is 8.42 Å². The topological polar surface area (TPSA) is 91.8 Å². The van der Waals surface area contributed by atoms with Gasteiger partial charge in [0.15, 0.2) is 0 Å². The van der Waals surface area contributed by atoms with Crippen LogP contribution in [0.25, 0.3) is 0 Å². The Kier molecular flexibility index (Phi) is 3.83. The molecule has 3 N–H and O–H groups in total. The van der Waals surface area contributed by atoms with E-state index < -0.39 is 10.0 Å². The summed E-state index contributed by atoms with van der Waals surface area (Å²) in [7, 11) is -1.65. The molecule has 7 nitrogen and oxygen atoms in total. The second kappa shape index (κ2) is 5.63. The van der Waals surface area contributed by atoms with Gasteiger partial charge in [0.1, 0.15) is 0 Å². The van der Waals surface area contributed by atoms with Gasteiger partial charge in [-0.1, -0.05) is 0 Å². The maximum absolute atomic E-state index is 12.4. The van der Waals surface area contributed by atoms with Crippen molar-refractivity contribution in [2.45, 2.75) is 36.9 Å². The molecule has 0 spiro atoms. The van der Waals surface area contributed by atoms with E-state index in [2.05, 4.69) is 24.6 Å². The van der Waals surface area contributed by atoms with Crippen molar-refractivity contribution in [1.29, 1.82) is 0 Å². The van der Waals surface area contributed by atoms with Crippen molar-refractivity contribution in [3.63, 3.8) is 0 Å². The Labute approximate surface area is 123 Å². The number of sulfonamides is 1. The third-order valence-electron chi connectivity index (χ3n) is 3.52. The van der Waals surface area contributed by atoms with Crippen LogP contribution in [0.4, 0.5) is 0 Å². The van der Waals surface area contributed by atoms with Crippen molar-refractivity contribution >= 4 is 10.0 Å². The third-order valence-corrected chi connectivity index (χ3v) is 4.89. The molecule has 1 aliphatic rings. The Hall–Kier alpha value is -1.64. The fourth-order valence-electron chi connectivity index (χ4n) is 2.30. The van der Waals surface area contributed by atoms with E-state index in [0.29, 0.717) is 17.5 Å². The van der Waals surface area contributed by atoms with E-state index in [1.54, 1.807) is 18.5 Å². The molecule has 0 unspecified atom stereocenters. The molecule has 0 amide bonds. The lowest BCUT2D eigenvalue weighted by Gasteiger charge is -2.05. The molecule has 114 valence electrons. The predicted octanol–water partition coefficient (Wildman–Crippen LogP) is 0.744. The molecule has 21 heavy (non-hydrogen) atoms. The molecule has 0 aromatic carbocycles. The van der Waals surface area contributed by atoms with Crippen LogP contribution in [-0.2, 0) is 23.1 Å². The standard InChI is InChI=1S/C13H19N5O2S/c1-14-7-12-4-13(8-18(12)11-2-3-11)21(19,20)17-6-10-5-15-9-16-10/h4-5,8-9,11,14,17H,2-3,6-7H2,1H3,(H,15,16). The maximum atomic E-state index is 12.4. The van der Waals surface area contributed by atoms with Crippen molar-refractivity contribution in [2.75, 3.05) is 7.05 Å². The van der Waals surface area contributed by atoms with Gasteiger partial charge in [0, 0.05) is 36.4 Å². The molecule has 1 saturated carbocycles. The average Bonchev–Trinajstić information content (AvgIpc) is 3.00. The molecule has 2 aromatic rings. The van der Waals surface area contributed by atoms with Gasteiger partial charge in [-0.2, -0.15) is 0 Å². The van der Waals surface area contributed by atoms with Gasteiger partial charge in [-0.3, -0.25) is 0 Å². The minimum absolute atomic E-state index is 0.207. The molecule has 0 radical (unpaired) electrons. The summed E-state index contributed by atoms with van der Waals surface area (Å²) in [5.41, 5.74) is 1.73. The Morgan fingerprint density at radius 3 is 2.86 bits per heavy atom. The first-order chi connectivity index (χ1) is 10.1. The summed E-state index contributed by atoms with van der Waals surface area (Å²) in [5, 5.41) is 3.08. The molecule has 0 bridgehead atoms. The molecule has 3 rings (SSSR count). The van der Waals surface area contributed by atoms with Crippen molar-refractivity contribution in [2.24, 2.45) is 0 Å². The fourth-order valence-corrected chi connectivity index (χ4v) is 3.35. The first kappa shape index (κ1) is 14.3. The minimum atomic E-state index is -3.51. The fraction of sp³-hybridized carbons (Fsp3) is 0.462. The highest BCUT2D eigenvalue weighted by molar-refractivity contribution is 7.89. The largest absolute Gasteiger partial charge is 0.347 e. The van der Waals surface area contributed by atoms with Crippen molar-refractivity contribution in [3.05, 3.63) is 36.2 Å². The van der Waals surface area contributed by atoms with Gasteiger partial charge < -0.3 is 14.9 Å². The summed E-state index contributed by atoms with van der Waals surface area (Å²) in [5.74, 6) is 0. The quantitative estimate of drug-likeness (QED) is 0.703. The molecule has 2 aromatic heterocycles. The number of rotatable bonds is 7. The summed E-state index contributed by atoms with van der Waals surface area (Å²) < 4.78 is 29.4. The average molecular weight is 309 g/mol. The Bertz CT molecular complexity index is 701. The molecular formula is C13H19N5O2S. The lowest BCUT2D eigenvalue weighted by molar-refractivity contribution is 0.580. The van der Waals surface area contributed by atoms with Crippen LogP contribution in [0.1, 0.15) is 30.3 Å². The van der Waals surface area contributed by atoms with Gasteiger partial charge in [-0.25, -0.2) is 18.1 Å². The van der Waals surface area contributed by atoms with Crippen LogP contribution in [0.15, 0.2) is 29.7 Å². The van der Waals surface area contributed by atoms with Crippen molar-refractivity contribution in [3.8, 4) is 0 Å². The molecule has 0 saturated heterocycles. The molecule has 0 atom stereocenters. The third kappa shape index (κ3) is 3.17. The van der Waals surface area contributed by atoms with Gasteiger partial charge in [0.2, 0.25) is 10.0 Å². The predicted molar refractivity (Wildman–Crippen MR) is 78.1 cm³/mol. The Morgan fingerprint density at radius 2 is 2.24 bits per heavy atom. The number of imidazole rings is 1. The van der Waals surface area contributed by atoms with E-state index in [1.807, 2.05) is 7.05 Å². The highest BCUT2D eigenvalue weighted by Crippen LogP contribution is 2.37. The summed E-state index contributed by atoms with van der Waals surface area (Å²) >= 11 is 0. The van der Waals surface area contributed by atoms with E-state index in [0.717, 1.165) is 24.2 Å². The summed E-state index contributed by atoms with van der Waals surface area (Å²) in [4.78, 5) is 7.06. The van der Waals surface area contributed by atoms with E-state index in [4.69, 9.17) is 0 Å². The van der Waals surface area contributed by atoms with E-state index >= 15 is 0 Å². The van der Waals surface area contributed by atoms with Crippen molar-refractivity contribution in [1.82, 2.24) is 24.6 Å². The number of nitrogens with zero attached hydrogens (tertiary/aromatic N) is 2. The molecule has 1 aliphatic carbocycles. The second-order valence-electron chi connectivity index (χ2n) is 5.24. The second-order valence-corrected chi connectivity index (χ2v) is 7.00. The van der Waals surface area contributed by atoms with Crippen molar-refractivity contribution < 1.29 is 8.42 Å². The normalized spacial score (nSPS) is 15.5. The van der Waals surface area contributed by atoms with Crippen LogP contribution in [0.5, 0.6) is 0 Å². The van der Waals surface area contributed by atoms with E-state index in [-0.39, 0.29) is 6.54 Å². The minimum Gasteiger partial charge on any atom is -0.347 e. The Balaban J connectivity index is 1.79. The first-order valence-electron chi connectivity index (χ1n) is 6.92. The smallest absolute Gasteiger partial charge is 0.242 e. The van der Waals surface area contributed by atoms with E-state index in [1.165, 1.54) is 6.33 Å². The number of aromatic nitrogens is 3. The highest BCUT2D eigenvalue weighted by atomic mass is 32.2. The van der Waals surface area contributed by atoms with Gasteiger partial charge in [0.25, 0.3) is 0 Å². The Morgan fingerprint density at radius 1 is 1.43 bits per heavy atom. The van der Waals surface area contributed by atoms with Crippen LogP contribution in [0, 0.1) is 0 Å². The number of hydrogen-bond acceptors (Lipinski definition) is 4. The van der Waals surface area contributed by atoms with Gasteiger partial charge in [0.05, 0.1) is 17.8 Å². The summed E-state index contributed by atoms with van der Waals surface area (Å²) in [6, 6.07) is 2.19. The zero-order chi connectivity index (χ0) is 14.9. The van der Waals surface area contributed by atoms with Crippen LogP contribution in [0.3, 0.4) is 0 Å². The van der Waals surface area contributed by atoms with Crippen LogP contribution in [0.2, 0.25) is 0 Å². The van der Waals surface area contributed by atoms with Crippen LogP contribution < -0.4 is 10.0 Å². The zero-order valence-electron chi connectivity index (χ0n) is 11.8. The first-order valence-corrected chi connectivity index (χ1v) is 8.41. The summed E-state index contributed by atoms with van der Waals surface area (Å²) in [6.45, 7) is 0.866. The van der Waals surface area contributed by atoms with Crippen LogP contribution in [-0.4, -0.2) is 30.0 Å². The monoisotopic (exact) mass is 309 g/mol. The van der Waals surface area contributed by atoms with Gasteiger partial charge >= 0.3 is 0 Å². The summed E-state index contributed by atoms with van der Waals surface area (Å²) in [6.07, 6.45) is 7.10. The molecule has 2 heterocycles. The molecule has 8 heteroatoms. The number of H-pyrrole nitrogens is 1.